The molecule has 0 aliphatic carbocycles. The first-order valence-corrected chi connectivity index (χ1v) is 28.2. The Morgan fingerprint density at radius 2 is 0.896 bits per heavy atom. The second kappa shape index (κ2) is 45.7. The van der Waals surface area contributed by atoms with Gasteiger partial charge in [-0.25, -0.2) is 0 Å². The maximum Gasteiger partial charge on any atom is 0.249 e. The molecule has 1 saturated heterocycles. The highest BCUT2D eigenvalue weighted by Crippen LogP contribution is 2.23. The molecular weight excluding hydrogens is 847 g/mol. The lowest BCUT2D eigenvalue weighted by Crippen LogP contribution is -2.60. The average molecular weight is 954 g/mol. The van der Waals surface area contributed by atoms with E-state index in [4.69, 9.17) is 9.47 Å². The van der Waals surface area contributed by atoms with Crippen molar-refractivity contribution in [3.8, 4) is 0 Å². The van der Waals surface area contributed by atoms with Crippen LogP contribution in [-0.4, -0.2) is 110 Å². The van der Waals surface area contributed by atoms with E-state index in [1.54, 1.807) is 0 Å². The Bertz CT molecular complexity index is 1140. The molecule has 11 heteroatoms. The molecule has 0 radical (unpaired) electrons. The molecular formula is C56H107NO10. The fourth-order valence-electron chi connectivity index (χ4n) is 9.11. The van der Waals surface area contributed by atoms with Crippen molar-refractivity contribution in [2.45, 2.75) is 313 Å². The second-order valence-corrected chi connectivity index (χ2v) is 20.0. The van der Waals surface area contributed by atoms with Crippen LogP contribution in [0.15, 0.2) is 24.3 Å². The third-order valence-electron chi connectivity index (χ3n) is 13.7. The van der Waals surface area contributed by atoms with Gasteiger partial charge in [-0.05, 0) is 51.4 Å². The Hall–Kier alpha value is -1.41. The third kappa shape index (κ3) is 34.5. The van der Waals surface area contributed by atoms with Crippen LogP contribution in [-0.2, 0) is 14.3 Å². The van der Waals surface area contributed by atoms with Crippen LogP contribution >= 0.6 is 0 Å². The zero-order valence-corrected chi connectivity index (χ0v) is 43.1. The highest BCUT2D eigenvalue weighted by Gasteiger charge is 2.44. The standard InChI is InChI=1S/C56H107NO10/c1-3-5-7-9-11-13-15-17-19-21-22-23-24-25-26-27-28-30-32-34-36-38-40-42-44-49(60)55(65)57-47(46-66-56-54(64)53(63)52(62)50(45-58)67-56)51(61)48(59)43-41-39-37-35-33-31-29-20-18-16-14-12-10-8-6-4-2/h20,29,35,37,47-54,56,58-64H,3-19,21-28,30-34,36,38-46H2,1-2H3,(H,57,65)/b29-20+,37-35+. The van der Waals surface area contributed by atoms with Gasteiger partial charge in [-0.1, -0.05) is 231 Å². The van der Waals surface area contributed by atoms with Crippen molar-refractivity contribution in [3.05, 3.63) is 24.3 Å². The van der Waals surface area contributed by atoms with Gasteiger partial charge in [0.2, 0.25) is 5.91 Å². The van der Waals surface area contributed by atoms with E-state index in [0.717, 1.165) is 38.5 Å². The molecule has 1 amide bonds. The lowest BCUT2D eigenvalue weighted by molar-refractivity contribution is -0.303. The summed E-state index contributed by atoms with van der Waals surface area (Å²) in [5, 5.41) is 76.0. The summed E-state index contributed by atoms with van der Waals surface area (Å²) in [6.07, 6.45) is 42.4. The monoisotopic (exact) mass is 954 g/mol. The molecule has 9 atom stereocenters. The van der Waals surface area contributed by atoms with Crippen LogP contribution in [0.5, 0.6) is 0 Å². The van der Waals surface area contributed by atoms with Gasteiger partial charge in [0.15, 0.2) is 6.29 Å². The molecule has 8 N–H and O–H groups in total. The van der Waals surface area contributed by atoms with E-state index in [-0.39, 0.29) is 12.8 Å². The molecule has 1 fully saturated rings. The predicted molar refractivity (Wildman–Crippen MR) is 275 cm³/mol. The molecule has 0 aromatic heterocycles. The molecule has 396 valence electrons. The van der Waals surface area contributed by atoms with E-state index in [1.807, 2.05) is 0 Å². The van der Waals surface area contributed by atoms with Crippen molar-refractivity contribution < 1.29 is 50.0 Å². The fourth-order valence-corrected chi connectivity index (χ4v) is 9.11. The van der Waals surface area contributed by atoms with E-state index in [0.29, 0.717) is 19.3 Å². The lowest BCUT2D eigenvalue weighted by Gasteiger charge is -2.40. The molecule has 67 heavy (non-hydrogen) atoms. The molecule has 0 bridgehead atoms. The molecule has 1 aliphatic heterocycles. The smallest absolute Gasteiger partial charge is 0.249 e. The molecule has 0 aromatic carbocycles. The molecule has 9 unspecified atom stereocenters. The van der Waals surface area contributed by atoms with Crippen LogP contribution in [0.4, 0.5) is 0 Å². The Morgan fingerprint density at radius 3 is 1.33 bits per heavy atom. The number of aliphatic hydroxyl groups excluding tert-OH is 7. The predicted octanol–water partition coefficient (Wildman–Crippen LogP) is 11.3. The van der Waals surface area contributed by atoms with Crippen LogP contribution in [0.1, 0.15) is 258 Å². The minimum Gasteiger partial charge on any atom is -0.394 e. The van der Waals surface area contributed by atoms with Crippen LogP contribution in [0.2, 0.25) is 0 Å². The summed E-state index contributed by atoms with van der Waals surface area (Å²) in [6, 6.07) is -1.19. The number of nitrogens with one attached hydrogen (secondary N) is 1. The normalized spacial score (nSPS) is 20.8. The number of aliphatic hydroxyl groups is 7. The summed E-state index contributed by atoms with van der Waals surface area (Å²) in [4.78, 5) is 13.2. The molecule has 11 nitrogen and oxygen atoms in total. The average Bonchev–Trinajstić information content (AvgIpc) is 3.33. The lowest BCUT2D eigenvalue weighted by atomic mass is 9.98. The summed E-state index contributed by atoms with van der Waals surface area (Å²) in [5.74, 6) is -0.706. The topological polar surface area (TPSA) is 189 Å². The second-order valence-electron chi connectivity index (χ2n) is 20.0. The Labute approximate surface area is 410 Å². The zero-order chi connectivity index (χ0) is 49.0. The van der Waals surface area contributed by atoms with Gasteiger partial charge in [0, 0.05) is 0 Å². The SMILES string of the molecule is CCCCCCCCC/C=C/CC/C=C/CCCC(O)C(O)C(COC1OC(CO)C(O)C(O)C1O)NC(=O)C(O)CCCCCCCCCCCCCCCCCCCCCCCCCC. The molecule has 0 saturated carbocycles. The largest absolute Gasteiger partial charge is 0.394 e. The number of rotatable bonds is 48. The summed E-state index contributed by atoms with van der Waals surface area (Å²) in [7, 11) is 0. The number of carbonyl (C=O) groups excluding carboxylic acids is 1. The van der Waals surface area contributed by atoms with Gasteiger partial charge < -0.3 is 50.5 Å². The van der Waals surface area contributed by atoms with Gasteiger partial charge in [0.25, 0.3) is 0 Å². The van der Waals surface area contributed by atoms with Crippen molar-refractivity contribution >= 4 is 5.91 Å². The van der Waals surface area contributed by atoms with Gasteiger partial charge in [-0.2, -0.15) is 0 Å². The van der Waals surface area contributed by atoms with Crippen LogP contribution in [0.3, 0.4) is 0 Å². The Kier molecular flexibility index (Phi) is 43.4. The maximum atomic E-state index is 13.2. The van der Waals surface area contributed by atoms with Crippen molar-refractivity contribution in [2.24, 2.45) is 0 Å². The molecule has 0 spiro atoms. The van der Waals surface area contributed by atoms with E-state index in [1.165, 1.54) is 173 Å². The van der Waals surface area contributed by atoms with E-state index in [2.05, 4.69) is 43.5 Å². The molecule has 0 aromatic rings. The number of allylic oxidation sites excluding steroid dienone is 4. The van der Waals surface area contributed by atoms with Gasteiger partial charge in [0.1, 0.15) is 36.6 Å². The Balaban J connectivity index is 2.32. The fraction of sp³-hybridized carbons (Fsp3) is 0.911. The van der Waals surface area contributed by atoms with Crippen LogP contribution in [0, 0.1) is 0 Å². The number of carbonyl (C=O) groups is 1. The maximum absolute atomic E-state index is 13.2. The van der Waals surface area contributed by atoms with Gasteiger partial charge in [-0.15, -0.1) is 0 Å². The first-order chi connectivity index (χ1) is 32.7. The van der Waals surface area contributed by atoms with E-state index in [9.17, 15) is 40.5 Å². The van der Waals surface area contributed by atoms with Crippen LogP contribution in [0.25, 0.3) is 0 Å². The minimum absolute atomic E-state index is 0.248. The summed E-state index contributed by atoms with van der Waals surface area (Å²) >= 11 is 0. The summed E-state index contributed by atoms with van der Waals surface area (Å²) < 4.78 is 11.1. The molecule has 1 rings (SSSR count). The van der Waals surface area contributed by atoms with Crippen molar-refractivity contribution in [1.82, 2.24) is 5.32 Å². The third-order valence-corrected chi connectivity index (χ3v) is 13.7. The van der Waals surface area contributed by atoms with Gasteiger partial charge >= 0.3 is 0 Å². The zero-order valence-electron chi connectivity index (χ0n) is 43.1. The number of amides is 1. The Morgan fingerprint density at radius 1 is 0.507 bits per heavy atom. The van der Waals surface area contributed by atoms with Crippen LogP contribution < -0.4 is 5.32 Å². The first kappa shape index (κ1) is 63.6. The van der Waals surface area contributed by atoms with Gasteiger partial charge in [-0.3, -0.25) is 4.79 Å². The van der Waals surface area contributed by atoms with Crippen molar-refractivity contribution in [1.29, 1.82) is 0 Å². The summed E-state index contributed by atoms with van der Waals surface area (Å²) in [6.45, 7) is 3.45. The molecule has 1 aliphatic rings. The van der Waals surface area contributed by atoms with Gasteiger partial charge in [0.05, 0.1) is 25.4 Å². The highest BCUT2D eigenvalue weighted by molar-refractivity contribution is 5.80. The van der Waals surface area contributed by atoms with E-state index >= 15 is 0 Å². The summed E-state index contributed by atoms with van der Waals surface area (Å²) in [5.41, 5.74) is 0. The quantitative estimate of drug-likeness (QED) is 0.0215. The number of hydrogen-bond donors (Lipinski definition) is 8. The molecule has 1 heterocycles. The number of hydrogen-bond acceptors (Lipinski definition) is 10. The van der Waals surface area contributed by atoms with E-state index < -0.39 is 74.2 Å². The number of ether oxygens (including phenoxy) is 2. The van der Waals surface area contributed by atoms with Crippen molar-refractivity contribution in [3.63, 3.8) is 0 Å². The number of unbranched alkanes of at least 4 members (excludes halogenated alkanes) is 32. The first-order valence-electron chi connectivity index (χ1n) is 28.2. The minimum atomic E-state index is -1.67. The highest BCUT2D eigenvalue weighted by atomic mass is 16.7. The van der Waals surface area contributed by atoms with Crippen molar-refractivity contribution in [2.75, 3.05) is 13.2 Å².